The summed E-state index contributed by atoms with van der Waals surface area (Å²) in [4.78, 5) is 13.4. The van der Waals surface area contributed by atoms with Gasteiger partial charge in [0.05, 0.1) is 12.6 Å². The number of benzene rings is 2. The summed E-state index contributed by atoms with van der Waals surface area (Å²) in [7, 11) is 1.63. The lowest BCUT2D eigenvalue weighted by atomic mass is 9.79. The van der Waals surface area contributed by atoms with Crippen molar-refractivity contribution in [2.75, 3.05) is 17.9 Å². The predicted octanol–water partition coefficient (Wildman–Crippen LogP) is 4.31. The zero-order valence-corrected chi connectivity index (χ0v) is 18.2. The predicted molar refractivity (Wildman–Crippen MR) is 122 cm³/mol. The van der Waals surface area contributed by atoms with Crippen LogP contribution in [0.15, 0.2) is 59.8 Å². The van der Waals surface area contributed by atoms with Crippen LogP contribution in [-0.4, -0.2) is 38.7 Å². The highest BCUT2D eigenvalue weighted by molar-refractivity contribution is 8.00. The first-order chi connectivity index (χ1) is 15.2. The lowest BCUT2D eigenvalue weighted by molar-refractivity contribution is -0.117. The molecule has 0 saturated heterocycles. The fourth-order valence-corrected chi connectivity index (χ4v) is 5.68. The fraction of sp³-hybridized carbons (Fsp3) is 0.348. The Morgan fingerprint density at radius 1 is 1.10 bits per heavy atom. The van der Waals surface area contributed by atoms with Gasteiger partial charge in [0.15, 0.2) is 5.82 Å². The van der Waals surface area contributed by atoms with E-state index in [1.165, 1.54) is 18.2 Å². The molecule has 2 aromatic carbocycles. The molecule has 1 atom stereocenters. The first kappa shape index (κ1) is 19.9. The molecule has 0 radical (unpaired) electrons. The second-order valence-electron chi connectivity index (χ2n) is 8.05. The number of carbonyl (C=O) groups is 1. The molecule has 7 nitrogen and oxygen atoms in total. The molecule has 2 heterocycles. The molecule has 0 bridgehead atoms. The summed E-state index contributed by atoms with van der Waals surface area (Å²) >= 11 is 1.50. The van der Waals surface area contributed by atoms with Gasteiger partial charge >= 0.3 is 0 Å². The summed E-state index contributed by atoms with van der Waals surface area (Å²) < 4.78 is 7.19. The van der Waals surface area contributed by atoms with Gasteiger partial charge in [-0.1, -0.05) is 61.4 Å². The fourth-order valence-electron chi connectivity index (χ4n) is 4.46. The molecular weight excluding hydrogens is 410 g/mol. The summed E-state index contributed by atoms with van der Waals surface area (Å²) in [5, 5.41) is 12.3. The zero-order chi connectivity index (χ0) is 21.3. The van der Waals surface area contributed by atoms with Crippen molar-refractivity contribution >= 4 is 23.4 Å². The van der Waals surface area contributed by atoms with E-state index in [0.29, 0.717) is 5.16 Å². The Labute approximate surface area is 185 Å². The van der Waals surface area contributed by atoms with E-state index in [1.807, 2.05) is 59.3 Å². The van der Waals surface area contributed by atoms with E-state index in [9.17, 15) is 4.79 Å². The molecule has 2 aliphatic rings. The second-order valence-corrected chi connectivity index (χ2v) is 9.12. The molecular formula is C23H25N5O2S. The minimum atomic E-state index is -0.335. The van der Waals surface area contributed by atoms with Gasteiger partial charge in [-0.05, 0) is 37.1 Å². The molecule has 1 aromatic heterocycles. The largest absolute Gasteiger partial charge is 0.497 e. The molecule has 1 saturated carbocycles. The van der Waals surface area contributed by atoms with Crippen LogP contribution in [0.4, 0.5) is 5.69 Å². The summed E-state index contributed by atoms with van der Waals surface area (Å²) in [6.45, 7) is 0. The van der Waals surface area contributed by atoms with Crippen molar-refractivity contribution in [2.24, 2.45) is 0 Å². The van der Waals surface area contributed by atoms with E-state index in [-0.39, 0.29) is 16.7 Å². The number of carbonyl (C=O) groups excluding carboxylic acids is 1. The molecule has 1 amide bonds. The van der Waals surface area contributed by atoms with Crippen LogP contribution in [0.25, 0.3) is 11.4 Å². The van der Waals surface area contributed by atoms with Crippen molar-refractivity contribution in [3.8, 4) is 17.1 Å². The number of nitrogens with zero attached hydrogens (tertiary/aromatic N) is 3. The highest BCUT2D eigenvalue weighted by Crippen LogP contribution is 2.44. The van der Waals surface area contributed by atoms with E-state index >= 15 is 0 Å². The van der Waals surface area contributed by atoms with Crippen molar-refractivity contribution in [1.29, 1.82) is 0 Å². The average molecular weight is 436 g/mol. The number of nitrogens with one attached hydrogen (secondary N) is 2. The monoisotopic (exact) mass is 435 g/mol. The van der Waals surface area contributed by atoms with Gasteiger partial charge in [-0.3, -0.25) is 4.79 Å². The lowest BCUT2D eigenvalue weighted by Crippen LogP contribution is -2.59. The molecule has 2 N–H and O–H groups in total. The Morgan fingerprint density at radius 3 is 2.55 bits per heavy atom. The minimum absolute atomic E-state index is 0.0138. The molecule has 5 rings (SSSR count). The first-order valence-electron chi connectivity index (χ1n) is 10.6. The first-order valence-corrected chi connectivity index (χ1v) is 11.5. The van der Waals surface area contributed by atoms with Crippen molar-refractivity contribution in [2.45, 2.75) is 48.0 Å². The molecule has 3 aromatic rings. The maximum atomic E-state index is 13.4. The van der Waals surface area contributed by atoms with Crippen LogP contribution < -0.4 is 15.5 Å². The maximum Gasteiger partial charge on any atom is 0.240 e. The van der Waals surface area contributed by atoms with Gasteiger partial charge < -0.3 is 15.5 Å². The lowest BCUT2D eigenvalue weighted by Gasteiger charge is -2.46. The quantitative estimate of drug-likeness (QED) is 0.636. The van der Waals surface area contributed by atoms with Gasteiger partial charge in [0.1, 0.15) is 11.0 Å². The van der Waals surface area contributed by atoms with Crippen LogP contribution in [0.1, 0.15) is 32.1 Å². The second kappa shape index (κ2) is 8.26. The topological polar surface area (TPSA) is 81.1 Å². The standard InChI is InChI=1S/C23H25N5O2S/c1-30-18-12-10-17(11-13-18)24-21(29)19-23(14-6-3-7-15-23)27-28-20(25-26-22(28)31-19)16-8-4-2-5-9-16/h2,4-5,8-13,19,27H,3,6-7,14-15H2,1H3,(H,24,29)/t19-/m1/s1. The third-order valence-electron chi connectivity index (χ3n) is 6.07. The molecule has 1 fully saturated rings. The highest BCUT2D eigenvalue weighted by Gasteiger charge is 2.49. The number of hydrogen-bond donors (Lipinski definition) is 2. The summed E-state index contributed by atoms with van der Waals surface area (Å²) in [5.74, 6) is 1.53. The maximum absolute atomic E-state index is 13.4. The molecule has 0 unspecified atom stereocenters. The average Bonchev–Trinajstić information content (AvgIpc) is 3.22. The number of methoxy groups -OCH3 is 1. The third kappa shape index (κ3) is 3.76. The summed E-state index contributed by atoms with van der Waals surface area (Å²) in [6.07, 6.45) is 5.26. The van der Waals surface area contributed by atoms with Gasteiger partial charge in [-0.2, -0.15) is 0 Å². The Morgan fingerprint density at radius 2 is 1.84 bits per heavy atom. The van der Waals surface area contributed by atoms with E-state index in [1.54, 1.807) is 7.11 Å². The van der Waals surface area contributed by atoms with E-state index < -0.39 is 0 Å². The zero-order valence-electron chi connectivity index (χ0n) is 17.4. The molecule has 8 heteroatoms. The van der Waals surface area contributed by atoms with Gasteiger partial charge in [-0.15, -0.1) is 10.2 Å². The van der Waals surface area contributed by atoms with Crippen LogP contribution in [-0.2, 0) is 4.79 Å². The number of hydrogen-bond acceptors (Lipinski definition) is 6. The molecule has 160 valence electrons. The summed E-state index contributed by atoms with van der Waals surface area (Å²) in [6, 6.07) is 17.5. The van der Waals surface area contributed by atoms with Crippen LogP contribution in [0.3, 0.4) is 0 Å². The number of ether oxygens (including phenoxy) is 1. The van der Waals surface area contributed by atoms with Crippen LogP contribution in [0.5, 0.6) is 5.75 Å². The molecule has 1 spiro atoms. The molecule has 1 aliphatic heterocycles. The third-order valence-corrected chi connectivity index (χ3v) is 7.44. The van der Waals surface area contributed by atoms with Crippen LogP contribution in [0, 0.1) is 0 Å². The van der Waals surface area contributed by atoms with Crippen molar-refractivity contribution < 1.29 is 9.53 Å². The number of aromatic nitrogens is 3. The Bertz CT molecular complexity index is 1060. The SMILES string of the molecule is COc1ccc(NC(=O)[C@H]2Sc3nnc(-c4ccccc4)n3NC23CCCCC3)cc1. The van der Waals surface area contributed by atoms with Gasteiger partial charge in [0.2, 0.25) is 11.1 Å². The van der Waals surface area contributed by atoms with Gasteiger partial charge in [0, 0.05) is 11.3 Å². The van der Waals surface area contributed by atoms with Gasteiger partial charge in [-0.25, -0.2) is 4.68 Å². The highest BCUT2D eigenvalue weighted by atomic mass is 32.2. The number of anilines is 1. The summed E-state index contributed by atoms with van der Waals surface area (Å²) in [5.41, 5.74) is 5.11. The van der Waals surface area contributed by atoms with Gasteiger partial charge in [0.25, 0.3) is 0 Å². The Balaban J connectivity index is 1.46. The number of rotatable bonds is 4. The van der Waals surface area contributed by atoms with E-state index in [2.05, 4.69) is 20.9 Å². The van der Waals surface area contributed by atoms with Crippen LogP contribution >= 0.6 is 11.8 Å². The van der Waals surface area contributed by atoms with Crippen LogP contribution in [0.2, 0.25) is 0 Å². The van der Waals surface area contributed by atoms with Crippen molar-refractivity contribution in [3.63, 3.8) is 0 Å². The number of thioether (sulfide) groups is 1. The van der Waals surface area contributed by atoms with E-state index in [4.69, 9.17) is 4.74 Å². The Kier molecular flexibility index (Phi) is 5.31. The van der Waals surface area contributed by atoms with E-state index in [0.717, 1.165) is 48.5 Å². The Hall–Kier alpha value is -3.00. The normalized spacial score (nSPS) is 19.3. The smallest absolute Gasteiger partial charge is 0.240 e. The molecule has 31 heavy (non-hydrogen) atoms. The molecule has 1 aliphatic carbocycles. The van der Waals surface area contributed by atoms with Crippen molar-refractivity contribution in [1.82, 2.24) is 14.9 Å². The number of fused-ring (bicyclic) bond motifs is 1. The minimum Gasteiger partial charge on any atom is -0.497 e. The van der Waals surface area contributed by atoms with Crippen molar-refractivity contribution in [3.05, 3.63) is 54.6 Å². The number of amides is 1.